The van der Waals surface area contributed by atoms with Crippen LogP contribution < -0.4 is 4.90 Å². The number of hydrogen-bond acceptors (Lipinski definition) is 7. The number of nitro groups is 1. The molecule has 1 aromatic carbocycles. The number of hydrogen-bond donors (Lipinski definition) is 0. The zero-order chi connectivity index (χ0) is 20.2. The van der Waals surface area contributed by atoms with Gasteiger partial charge in [0.15, 0.2) is 5.82 Å². The Bertz CT molecular complexity index is 808. The molecule has 0 bridgehead atoms. The van der Waals surface area contributed by atoms with Gasteiger partial charge in [-0.05, 0) is 41.8 Å². The van der Waals surface area contributed by atoms with Gasteiger partial charge in [0.2, 0.25) is 0 Å². The first-order chi connectivity index (χ1) is 14.2. The molecule has 2 heterocycles. The van der Waals surface area contributed by atoms with Crippen molar-refractivity contribution in [2.24, 2.45) is 0 Å². The SMILES string of the molecule is CCCC(c1nnnn1C1CCCC1)N1CCN(c2ccc([N+](=O)[O-])cc2)CC1. The fourth-order valence-electron chi connectivity index (χ4n) is 4.65. The second kappa shape index (κ2) is 8.86. The normalized spacial score (nSPS) is 19.6. The van der Waals surface area contributed by atoms with Crippen LogP contribution in [-0.2, 0) is 0 Å². The van der Waals surface area contributed by atoms with E-state index in [0.717, 1.165) is 50.5 Å². The van der Waals surface area contributed by atoms with Gasteiger partial charge in [0.05, 0.1) is 17.0 Å². The lowest BCUT2D eigenvalue weighted by Gasteiger charge is -2.40. The van der Waals surface area contributed by atoms with Gasteiger partial charge in [-0.3, -0.25) is 15.0 Å². The third kappa shape index (κ3) is 4.24. The van der Waals surface area contributed by atoms with Crippen LogP contribution in [0.2, 0.25) is 0 Å². The maximum Gasteiger partial charge on any atom is 0.269 e. The first kappa shape index (κ1) is 19.8. The third-order valence-corrected chi connectivity index (χ3v) is 6.23. The molecule has 2 aliphatic rings. The van der Waals surface area contributed by atoms with Crippen molar-refractivity contribution in [1.29, 1.82) is 0 Å². The van der Waals surface area contributed by atoms with E-state index in [4.69, 9.17) is 0 Å². The molecule has 1 aliphatic carbocycles. The van der Waals surface area contributed by atoms with E-state index in [1.54, 1.807) is 12.1 Å². The smallest absolute Gasteiger partial charge is 0.269 e. The zero-order valence-electron chi connectivity index (χ0n) is 17.0. The molecular formula is C20H29N7O2. The molecule has 2 aromatic rings. The molecule has 9 heteroatoms. The second-order valence-electron chi connectivity index (χ2n) is 8.02. The van der Waals surface area contributed by atoms with Crippen LogP contribution in [0.1, 0.15) is 63.4 Å². The average molecular weight is 399 g/mol. The van der Waals surface area contributed by atoms with E-state index < -0.39 is 0 Å². The maximum absolute atomic E-state index is 10.9. The molecule has 4 rings (SSSR count). The van der Waals surface area contributed by atoms with Crippen LogP contribution in [0.25, 0.3) is 0 Å². The molecule has 0 amide bonds. The second-order valence-corrected chi connectivity index (χ2v) is 8.02. The summed E-state index contributed by atoms with van der Waals surface area (Å²) in [5, 5.41) is 23.7. The summed E-state index contributed by atoms with van der Waals surface area (Å²) < 4.78 is 2.09. The van der Waals surface area contributed by atoms with Gasteiger partial charge in [0.1, 0.15) is 0 Å². The molecule has 0 radical (unpaired) electrons. The molecule has 9 nitrogen and oxygen atoms in total. The van der Waals surface area contributed by atoms with Crippen molar-refractivity contribution in [2.75, 3.05) is 31.1 Å². The van der Waals surface area contributed by atoms with E-state index in [-0.39, 0.29) is 16.7 Å². The summed E-state index contributed by atoms with van der Waals surface area (Å²) >= 11 is 0. The van der Waals surface area contributed by atoms with Crippen molar-refractivity contribution in [3.63, 3.8) is 0 Å². The Labute approximate surface area is 170 Å². The molecule has 0 N–H and O–H groups in total. The standard InChI is InChI=1S/C20H29N7O2/c1-2-5-19(20-21-22-23-26(20)17-6-3-4-7-17)25-14-12-24(13-15-25)16-8-10-18(11-9-16)27(28)29/h8-11,17,19H,2-7,12-15H2,1H3. The highest BCUT2D eigenvalue weighted by atomic mass is 16.6. The first-order valence-corrected chi connectivity index (χ1v) is 10.7. The molecule has 0 spiro atoms. The van der Waals surface area contributed by atoms with E-state index >= 15 is 0 Å². The van der Waals surface area contributed by atoms with Crippen molar-refractivity contribution < 1.29 is 4.92 Å². The van der Waals surface area contributed by atoms with Gasteiger partial charge in [-0.15, -0.1) is 5.10 Å². The zero-order valence-corrected chi connectivity index (χ0v) is 17.0. The lowest BCUT2D eigenvalue weighted by molar-refractivity contribution is -0.384. The minimum absolute atomic E-state index is 0.133. The highest BCUT2D eigenvalue weighted by Crippen LogP contribution is 2.33. The van der Waals surface area contributed by atoms with Crippen LogP contribution in [0.5, 0.6) is 0 Å². The average Bonchev–Trinajstić information content (AvgIpc) is 3.44. The van der Waals surface area contributed by atoms with Crippen molar-refractivity contribution in [1.82, 2.24) is 25.1 Å². The minimum atomic E-state index is -0.356. The summed E-state index contributed by atoms with van der Waals surface area (Å²) in [6.07, 6.45) is 7.00. The molecule has 1 unspecified atom stereocenters. The molecular weight excluding hydrogens is 370 g/mol. The van der Waals surface area contributed by atoms with Crippen LogP contribution >= 0.6 is 0 Å². The van der Waals surface area contributed by atoms with Crippen molar-refractivity contribution >= 4 is 11.4 Å². The van der Waals surface area contributed by atoms with Gasteiger partial charge >= 0.3 is 0 Å². The molecule has 1 aromatic heterocycles. The highest BCUT2D eigenvalue weighted by molar-refractivity contribution is 5.51. The van der Waals surface area contributed by atoms with E-state index in [0.29, 0.717) is 6.04 Å². The molecule has 1 aliphatic heterocycles. The van der Waals surface area contributed by atoms with E-state index in [1.165, 1.54) is 25.7 Å². The Morgan fingerprint density at radius 1 is 1.14 bits per heavy atom. The van der Waals surface area contributed by atoms with Gasteiger partial charge in [0, 0.05) is 44.0 Å². The number of benzene rings is 1. The Balaban J connectivity index is 1.44. The Kier molecular flexibility index (Phi) is 6.03. The van der Waals surface area contributed by atoms with Crippen molar-refractivity contribution in [3.05, 3.63) is 40.2 Å². The quantitative estimate of drug-likeness (QED) is 0.520. The maximum atomic E-state index is 10.9. The van der Waals surface area contributed by atoms with Crippen molar-refractivity contribution in [2.45, 2.75) is 57.5 Å². The molecule has 1 saturated heterocycles. The lowest BCUT2D eigenvalue weighted by atomic mass is 10.1. The molecule has 1 saturated carbocycles. The van der Waals surface area contributed by atoms with Gasteiger partial charge < -0.3 is 4.90 Å². The summed E-state index contributed by atoms with van der Waals surface area (Å²) in [6, 6.07) is 7.54. The number of non-ortho nitro benzene ring substituents is 1. The van der Waals surface area contributed by atoms with Crippen LogP contribution in [-0.4, -0.2) is 56.2 Å². The molecule has 2 fully saturated rings. The monoisotopic (exact) mass is 399 g/mol. The van der Waals surface area contributed by atoms with E-state index in [2.05, 4.69) is 36.9 Å². The van der Waals surface area contributed by atoms with Crippen LogP contribution in [0.4, 0.5) is 11.4 Å². The summed E-state index contributed by atoms with van der Waals surface area (Å²) in [6.45, 7) is 5.86. The first-order valence-electron chi connectivity index (χ1n) is 10.7. The number of rotatable bonds is 7. The number of aromatic nitrogens is 4. The lowest BCUT2D eigenvalue weighted by Crippen LogP contribution is -2.48. The number of anilines is 1. The van der Waals surface area contributed by atoms with Crippen LogP contribution in [0.3, 0.4) is 0 Å². The Hall–Kier alpha value is -2.55. The Morgan fingerprint density at radius 2 is 1.83 bits per heavy atom. The number of nitrogens with zero attached hydrogens (tertiary/aromatic N) is 7. The Morgan fingerprint density at radius 3 is 2.45 bits per heavy atom. The predicted octanol–water partition coefficient (Wildman–Crippen LogP) is 3.36. The summed E-state index contributed by atoms with van der Waals surface area (Å²) in [7, 11) is 0. The molecule has 29 heavy (non-hydrogen) atoms. The molecule has 1 atom stereocenters. The minimum Gasteiger partial charge on any atom is -0.369 e. The summed E-state index contributed by atoms with van der Waals surface area (Å²) in [4.78, 5) is 15.3. The largest absolute Gasteiger partial charge is 0.369 e. The van der Waals surface area contributed by atoms with Crippen LogP contribution in [0.15, 0.2) is 24.3 Å². The molecule has 156 valence electrons. The van der Waals surface area contributed by atoms with Crippen LogP contribution in [0, 0.1) is 10.1 Å². The predicted molar refractivity (Wildman–Crippen MR) is 110 cm³/mol. The summed E-state index contributed by atoms with van der Waals surface area (Å²) in [5.41, 5.74) is 1.17. The van der Waals surface area contributed by atoms with Gasteiger partial charge in [-0.25, -0.2) is 4.68 Å². The van der Waals surface area contributed by atoms with Gasteiger partial charge in [0.25, 0.3) is 5.69 Å². The van der Waals surface area contributed by atoms with Crippen molar-refractivity contribution in [3.8, 4) is 0 Å². The topological polar surface area (TPSA) is 93.2 Å². The fraction of sp³-hybridized carbons (Fsp3) is 0.650. The highest BCUT2D eigenvalue weighted by Gasteiger charge is 2.31. The fourth-order valence-corrected chi connectivity index (χ4v) is 4.65. The third-order valence-electron chi connectivity index (χ3n) is 6.23. The van der Waals surface area contributed by atoms with Gasteiger partial charge in [-0.1, -0.05) is 26.2 Å². The van der Waals surface area contributed by atoms with E-state index in [9.17, 15) is 10.1 Å². The van der Waals surface area contributed by atoms with E-state index in [1.807, 2.05) is 12.1 Å². The number of piperazine rings is 1. The number of tetrazole rings is 1. The number of nitro benzene ring substituents is 1. The summed E-state index contributed by atoms with van der Waals surface area (Å²) in [5.74, 6) is 1.02. The van der Waals surface area contributed by atoms with Gasteiger partial charge in [-0.2, -0.15) is 0 Å².